The molecule has 0 spiro atoms. The Balaban J connectivity index is -0.000000188. The van der Waals surface area contributed by atoms with Crippen LogP contribution in [-0.4, -0.2) is 0 Å². The van der Waals surface area contributed by atoms with Crippen molar-refractivity contribution < 1.29 is 0 Å². The Morgan fingerprint density at radius 3 is 0.576 bits per heavy atom. The summed E-state index contributed by atoms with van der Waals surface area (Å²) in [5.74, 6) is 1.59. The summed E-state index contributed by atoms with van der Waals surface area (Å²) < 4.78 is 0. The minimum absolute atomic E-state index is 0. The molecule has 1 fully saturated rings. The normalized spacial score (nSPS) is 17.1. The summed E-state index contributed by atoms with van der Waals surface area (Å²) in [7, 11) is 0. The summed E-state index contributed by atoms with van der Waals surface area (Å²) in [6.07, 6.45) is 0. The third kappa shape index (κ3) is 15.8. The Labute approximate surface area is 374 Å². The highest BCUT2D eigenvalue weighted by Gasteiger charge is 2.53. The van der Waals surface area contributed by atoms with E-state index in [0.717, 1.165) is 0 Å². The molecule has 4 unspecified atom stereocenters. The predicted molar refractivity (Wildman–Crippen MR) is 288 cm³/mol. The first kappa shape index (κ1) is 78.6. The van der Waals surface area contributed by atoms with Crippen molar-refractivity contribution in [1.82, 2.24) is 0 Å². The fraction of sp³-hybridized carbons (Fsp3) is 0.390. The van der Waals surface area contributed by atoms with Crippen LogP contribution in [-0.2, 0) is 0 Å². The molecule has 0 radical (unpaired) electrons. The molecular formula is C59H102. The van der Waals surface area contributed by atoms with Gasteiger partial charge in [0.05, 0.1) is 0 Å². The maximum Gasteiger partial charge on any atom is -0.000943 e. The van der Waals surface area contributed by atoms with E-state index in [1.165, 1.54) is 38.9 Å². The van der Waals surface area contributed by atoms with E-state index in [1.54, 1.807) is 0 Å². The van der Waals surface area contributed by atoms with Gasteiger partial charge in [0, 0.05) is 0 Å². The number of hydrogen-bond acceptors (Lipinski definition) is 0. The minimum Gasteiger partial charge on any atom is -0.0776 e. The maximum atomic E-state index is 2.40. The zero-order chi connectivity index (χ0) is 29.0. The average molecular weight is 811 g/mol. The lowest BCUT2D eigenvalue weighted by Crippen LogP contribution is -2.40. The first-order chi connectivity index (χ1) is 21.3. The highest BCUT2D eigenvalue weighted by Crippen LogP contribution is 2.67. The van der Waals surface area contributed by atoms with Gasteiger partial charge in [-0.15, -0.1) is 0 Å². The van der Waals surface area contributed by atoms with E-state index in [2.05, 4.69) is 183 Å². The fourth-order valence-electron chi connectivity index (χ4n) is 8.14. The van der Waals surface area contributed by atoms with Gasteiger partial charge in [-0.1, -0.05) is 295 Å². The van der Waals surface area contributed by atoms with E-state index in [9.17, 15) is 0 Å². The van der Waals surface area contributed by atoms with Crippen LogP contribution in [0, 0.1) is 6.92 Å². The van der Waals surface area contributed by atoms with Gasteiger partial charge in [-0.2, -0.15) is 0 Å². The molecule has 1 aliphatic carbocycles. The molecule has 6 aromatic carbocycles. The van der Waals surface area contributed by atoms with E-state index < -0.39 is 0 Å². The smallest absolute Gasteiger partial charge is 0.000943 e. The lowest BCUT2D eigenvalue weighted by Gasteiger charge is -2.54. The van der Waals surface area contributed by atoms with Crippen molar-refractivity contribution in [2.45, 2.75) is 161 Å². The van der Waals surface area contributed by atoms with E-state index in [4.69, 9.17) is 0 Å². The van der Waals surface area contributed by atoms with Crippen molar-refractivity contribution >= 4 is 0 Å². The molecule has 0 saturated heterocycles. The quantitative estimate of drug-likeness (QED) is 0.157. The van der Waals surface area contributed by atoms with Gasteiger partial charge in [0.1, 0.15) is 0 Å². The Morgan fingerprint density at radius 1 is 0.203 bits per heavy atom. The highest BCUT2D eigenvalue weighted by molar-refractivity contribution is 5.50. The molecule has 0 aromatic heterocycles. The van der Waals surface area contributed by atoms with Gasteiger partial charge < -0.3 is 0 Å². The van der Waals surface area contributed by atoms with Crippen LogP contribution in [0.4, 0.5) is 0 Å². The summed E-state index contributed by atoms with van der Waals surface area (Å²) in [6, 6.07) is 65.9. The molecule has 0 N–H and O–H groups in total. The Kier molecular flexibility index (Phi) is 48.5. The van der Waals surface area contributed by atoms with Gasteiger partial charge in [0.25, 0.3) is 0 Å². The molecule has 0 amide bonds. The fourth-order valence-corrected chi connectivity index (χ4v) is 8.14. The van der Waals surface area contributed by atoms with Crippen molar-refractivity contribution in [3.63, 3.8) is 0 Å². The monoisotopic (exact) mass is 811 g/mol. The SMILES string of the molecule is C.C.C.C.C.C.C.C.C.C.C.C.C.C.C.C.Cc1ccccc1C1C(c2ccccc2)C(c2ccccc2)C(c2ccccc2)C(c2ccccc2)C1c1ccccc1. The second-order valence-corrected chi connectivity index (χ2v) is 12.1. The van der Waals surface area contributed by atoms with E-state index in [0.29, 0.717) is 0 Å². The molecule has 59 heavy (non-hydrogen) atoms. The summed E-state index contributed by atoms with van der Waals surface area (Å²) in [5.41, 5.74) is 9.89. The second-order valence-electron chi connectivity index (χ2n) is 12.1. The molecule has 0 heteroatoms. The summed E-state index contributed by atoms with van der Waals surface area (Å²) in [6.45, 7) is 2.30. The van der Waals surface area contributed by atoms with Crippen molar-refractivity contribution in [3.05, 3.63) is 215 Å². The average Bonchev–Trinajstić information content (AvgIpc) is 3.09. The van der Waals surface area contributed by atoms with E-state index in [-0.39, 0.29) is 154 Å². The van der Waals surface area contributed by atoms with Crippen LogP contribution in [0.3, 0.4) is 0 Å². The molecule has 338 valence electrons. The number of benzene rings is 6. The van der Waals surface area contributed by atoms with Crippen LogP contribution in [0.15, 0.2) is 176 Å². The molecule has 0 bridgehead atoms. The van der Waals surface area contributed by atoms with Crippen LogP contribution in [0.25, 0.3) is 0 Å². The van der Waals surface area contributed by atoms with Gasteiger partial charge in [-0.05, 0) is 81.4 Å². The molecule has 0 nitrogen and oxygen atoms in total. The van der Waals surface area contributed by atoms with Crippen LogP contribution in [0.2, 0.25) is 0 Å². The topological polar surface area (TPSA) is 0 Å². The van der Waals surface area contributed by atoms with Crippen LogP contribution in [0.5, 0.6) is 0 Å². The molecule has 1 saturated carbocycles. The van der Waals surface area contributed by atoms with Crippen LogP contribution < -0.4 is 0 Å². The van der Waals surface area contributed by atoms with Gasteiger partial charge in [-0.3, -0.25) is 0 Å². The van der Waals surface area contributed by atoms with E-state index >= 15 is 0 Å². The molecular weight excluding hydrogens is 709 g/mol. The lowest BCUT2D eigenvalue weighted by atomic mass is 9.49. The summed E-state index contributed by atoms with van der Waals surface area (Å²) in [4.78, 5) is 0. The number of aryl methyl sites for hydroxylation is 1. The zero-order valence-corrected chi connectivity index (χ0v) is 24.7. The molecule has 4 atom stereocenters. The predicted octanol–water partition coefficient (Wildman–Crippen LogP) is 21.2. The first-order valence-corrected chi connectivity index (χ1v) is 15.6. The van der Waals surface area contributed by atoms with Crippen molar-refractivity contribution in [1.29, 1.82) is 0 Å². The number of rotatable bonds is 6. The number of hydrogen-bond donors (Lipinski definition) is 0. The third-order valence-corrected chi connectivity index (χ3v) is 9.79. The first-order valence-electron chi connectivity index (χ1n) is 15.6. The largest absolute Gasteiger partial charge is 0.0776 e. The van der Waals surface area contributed by atoms with Crippen LogP contribution >= 0.6 is 0 Å². The van der Waals surface area contributed by atoms with Gasteiger partial charge >= 0.3 is 0 Å². The van der Waals surface area contributed by atoms with Crippen molar-refractivity contribution in [2.75, 3.05) is 0 Å². The van der Waals surface area contributed by atoms with Crippen LogP contribution in [0.1, 0.15) is 193 Å². The van der Waals surface area contributed by atoms with Crippen molar-refractivity contribution in [2.24, 2.45) is 0 Å². The van der Waals surface area contributed by atoms with Gasteiger partial charge in [0.2, 0.25) is 0 Å². The standard InChI is InChI=1S/C43H38.16CH4/c1-31-19-17-18-30-37(31)43-41(35-26-13-5-14-27-35)39(33-22-9-3-10-23-33)38(32-20-7-2-8-21-32)40(34-24-11-4-12-25-34)42(43)36-28-15-6-16-29-36;;;;;;;;;;;;;;;;/h2-30,38-43H,1H3;16*1H4. The van der Waals surface area contributed by atoms with Crippen molar-refractivity contribution in [3.8, 4) is 0 Å². The maximum absolute atomic E-state index is 2.40. The Morgan fingerprint density at radius 2 is 0.373 bits per heavy atom. The molecule has 7 rings (SSSR count). The second kappa shape index (κ2) is 36.4. The molecule has 0 heterocycles. The van der Waals surface area contributed by atoms with E-state index in [1.807, 2.05) is 0 Å². The zero-order valence-electron chi connectivity index (χ0n) is 24.7. The lowest BCUT2D eigenvalue weighted by molar-refractivity contribution is 0.228. The minimum atomic E-state index is 0. The Hall–Kier alpha value is -4.68. The van der Waals surface area contributed by atoms with Gasteiger partial charge in [0.15, 0.2) is 0 Å². The summed E-state index contributed by atoms with van der Waals surface area (Å²) in [5, 5.41) is 0. The van der Waals surface area contributed by atoms with Gasteiger partial charge in [-0.25, -0.2) is 0 Å². The Bertz CT molecular complexity index is 1640. The highest BCUT2D eigenvalue weighted by atomic mass is 14.6. The summed E-state index contributed by atoms with van der Waals surface area (Å²) >= 11 is 0. The molecule has 0 aliphatic heterocycles. The third-order valence-electron chi connectivity index (χ3n) is 9.79. The molecule has 6 aromatic rings. The molecule has 1 aliphatic rings.